The summed E-state index contributed by atoms with van der Waals surface area (Å²) in [5.74, 6) is 2.05. The Morgan fingerprint density at radius 1 is 1.40 bits per heavy atom. The molecule has 20 heavy (non-hydrogen) atoms. The molecule has 0 fully saturated rings. The highest BCUT2D eigenvalue weighted by Gasteiger charge is 2.10. The third-order valence-electron chi connectivity index (χ3n) is 2.12. The summed E-state index contributed by atoms with van der Waals surface area (Å²) >= 11 is 0. The zero-order valence-electron chi connectivity index (χ0n) is 10.4. The van der Waals surface area contributed by atoms with Crippen LogP contribution in [-0.4, -0.2) is 18.5 Å². The largest absolute Gasteiger partial charge is 0.481 e. The van der Waals surface area contributed by atoms with E-state index in [9.17, 15) is 9.59 Å². The molecule has 100 valence electrons. The van der Waals surface area contributed by atoms with Crippen LogP contribution >= 0.6 is 0 Å². The van der Waals surface area contributed by atoms with Crippen LogP contribution in [0, 0.1) is 23.7 Å². The molecular formula is C14H11N3O3. The number of ether oxygens (including phenoxy) is 1. The summed E-state index contributed by atoms with van der Waals surface area (Å²) in [6.07, 6.45) is 6.38. The first-order valence-corrected chi connectivity index (χ1v) is 5.45. The first-order valence-electron chi connectivity index (χ1n) is 5.45. The van der Waals surface area contributed by atoms with Crippen molar-refractivity contribution in [2.75, 3.05) is 6.61 Å². The van der Waals surface area contributed by atoms with Gasteiger partial charge in [-0.15, -0.1) is 6.42 Å². The quantitative estimate of drug-likeness (QED) is 0.479. The van der Waals surface area contributed by atoms with E-state index in [0.29, 0.717) is 11.3 Å². The van der Waals surface area contributed by atoms with Crippen LogP contribution in [-0.2, 0) is 4.79 Å². The maximum absolute atomic E-state index is 11.4. The minimum atomic E-state index is -1.02. The number of nitrogens with zero attached hydrogens (tertiary/aromatic N) is 1. The standard InChI is InChI=1S/C14H11N3O3/c1-2-7-20-12-5-3-10(4-6-12)8-11(9-15)13(18)17-14(16)19/h1,3-6,8H,7H2,(H3,16,17,18,19)/b11-8-. The molecule has 0 atom stereocenters. The third-order valence-corrected chi connectivity index (χ3v) is 2.12. The van der Waals surface area contributed by atoms with Gasteiger partial charge in [0.2, 0.25) is 0 Å². The summed E-state index contributed by atoms with van der Waals surface area (Å²) in [5.41, 5.74) is 5.16. The Hall–Kier alpha value is -3.25. The van der Waals surface area contributed by atoms with E-state index < -0.39 is 11.9 Å². The lowest BCUT2D eigenvalue weighted by molar-refractivity contribution is -0.115. The SMILES string of the molecule is C#CCOc1ccc(/C=C(/C#N)C(=O)NC(N)=O)cc1. The highest BCUT2D eigenvalue weighted by Crippen LogP contribution is 2.14. The Bertz CT molecular complexity index is 619. The molecule has 1 aromatic rings. The van der Waals surface area contributed by atoms with Crippen LogP contribution in [0.5, 0.6) is 5.75 Å². The van der Waals surface area contributed by atoms with E-state index in [1.807, 2.05) is 5.32 Å². The van der Waals surface area contributed by atoms with E-state index in [0.717, 1.165) is 0 Å². The third kappa shape index (κ3) is 4.55. The molecule has 0 radical (unpaired) electrons. The molecule has 3 N–H and O–H groups in total. The molecule has 6 nitrogen and oxygen atoms in total. The van der Waals surface area contributed by atoms with Gasteiger partial charge in [0.15, 0.2) is 0 Å². The van der Waals surface area contributed by atoms with E-state index in [-0.39, 0.29) is 12.2 Å². The molecule has 1 aromatic carbocycles. The van der Waals surface area contributed by atoms with Gasteiger partial charge in [-0.2, -0.15) is 5.26 Å². The molecule has 3 amide bonds. The lowest BCUT2D eigenvalue weighted by atomic mass is 10.1. The van der Waals surface area contributed by atoms with Gasteiger partial charge in [-0.05, 0) is 23.8 Å². The second-order valence-electron chi connectivity index (χ2n) is 3.55. The monoisotopic (exact) mass is 269 g/mol. The van der Waals surface area contributed by atoms with Crippen LogP contribution in [0.15, 0.2) is 29.8 Å². The summed E-state index contributed by atoms with van der Waals surface area (Å²) in [6.45, 7) is 0.152. The van der Waals surface area contributed by atoms with Crippen LogP contribution < -0.4 is 15.8 Å². The molecule has 0 spiro atoms. The van der Waals surface area contributed by atoms with Crippen molar-refractivity contribution >= 4 is 18.0 Å². The molecule has 0 aliphatic rings. The van der Waals surface area contributed by atoms with Gasteiger partial charge >= 0.3 is 6.03 Å². The van der Waals surface area contributed by atoms with Crippen LogP contribution in [0.25, 0.3) is 6.08 Å². The number of urea groups is 1. The molecule has 0 aliphatic heterocycles. The van der Waals surface area contributed by atoms with Crippen molar-refractivity contribution in [3.05, 3.63) is 35.4 Å². The van der Waals surface area contributed by atoms with E-state index >= 15 is 0 Å². The van der Waals surface area contributed by atoms with Crippen molar-refractivity contribution < 1.29 is 14.3 Å². The number of nitrogens with one attached hydrogen (secondary N) is 1. The van der Waals surface area contributed by atoms with Gasteiger partial charge in [0.25, 0.3) is 5.91 Å². The van der Waals surface area contributed by atoms with Crippen LogP contribution in [0.2, 0.25) is 0 Å². The smallest absolute Gasteiger partial charge is 0.319 e. The van der Waals surface area contributed by atoms with Gasteiger partial charge in [0, 0.05) is 0 Å². The fourth-order valence-corrected chi connectivity index (χ4v) is 1.28. The number of carbonyl (C=O) groups excluding carboxylic acids is 2. The fourth-order valence-electron chi connectivity index (χ4n) is 1.28. The highest BCUT2D eigenvalue weighted by molar-refractivity contribution is 6.08. The Morgan fingerprint density at radius 3 is 2.55 bits per heavy atom. The minimum Gasteiger partial charge on any atom is -0.481 e. The molecule has 0 saturated heterocycles. The normalized spacial score (nSPS) is 10.0. The number of carbonyl (C=O) groups is 2. The van der Waals surface area contributed by atoms with Crippen molar-refractivity contribution in [2.45, 2.75) is 0 Å². The Morgan fingerprint density at radius 2 is 2.05 bits per heavy atom. The summed E-state index contributed by atoms with van der Waals surface area (Å²) < 4.78 is 5.18. The predicted octanol–water partition coefficient (Wildman–Crippen LogP) is 0.800. The van der Waals surface area contributed by atoms with Gasteiger partial charge in [0.1, 0.15) is 24.0 Å². The number of benzene rings is 1. The Kier molecular flexibility index (Phi) is 5.36. The number of terminal acetylenes is 1. The summed E-state index contributed by atoms with van der Waals surface area (Å²) in [4.78, 5) is 22.0. The zero-order valence-corrected chi connectivity index (χ0v) is 10.4. The summed E-state index contributed by atoms with van der Waals surface area (Å²) in [6, 6.07) is 7.23. The number of nitrogens with two attached hydrogens (primary N) is 1. The van der Waals surface area contributed by atoms with Crippen LogP contribution in [0.3, 0.4) is 0 Å². The Balaban J connectivity index is 2.86. The number of amides is 3. The van der Waals surface area contributed by atoms with Crippen molar-refractivity contribution in [3.63, 3.8) is 0 Å². The Labute approximate surface area is 115 Å². The van der Waals surface area contributed by atoms with Gasteiger partial charge < -0.3 is 10.5 Å². The first kappa shape index (κ1) is 14.8. The van der Waals surface area contributed by atoms with Gasteiger partial charge in [-0.25, -0.2) is 4.79 Å². The highest BCUT2D eigenvalue weighted by atomic mass is 16.5. The average Bonchev–Trinajstić information content (AvgIpc) is 2.42. The topological polar surface area (TPSA) is 105 Å². The van der Waals surface area contributed by atoms with Gasteiger partial charge in [0.05, 0.1) is 0 Å². The number of rotatable bonds is 4. The van der Waals surface area contributed by atoms with Crippen LogP contribution in [0.4, 0.5) is 4.79 Å². The molecule has 0 heterocycles. The second kappa shape index (κ2) is 7.24. The van der Waals surface area contributed by atoms with Crippen molar-refractivity contribution in [1.29, 1.82) is 5.26 Å². The van der Waals surface area contributed by atoms with Crippen molar-refractivity contribution in [3.8, 4) is 24.2 Å². The van der Waals surface area contributed by atoms with E-state index in [2.05, 4.69) is 5.92 Å². The van der Waals surface area contributed by atoms with Gasteiger partial charge in [-0.1, -0.05) is 18.1 Å². The minimum absolute atomic E-state index is 0.152. The molecule has 1 rings (SSSR count). The van der Waals surface area contributed by atoms with Crippen molar-refractivity contribution in [1.82, 2.24) is 5.32 Å². The average molecular weight is 269 g/mol. The fraction of sp³-hybridized carbons (Fsp3) is 0.0714. The number of imide groups is 1. The van der Waals surface area contributed by atoms with E-state index in [1.165, 1.54) is 6.08 Å². The molecule has 6 heteroatoms. The van der Waals surface area contributed by atoms with Crippen molar-refractivity contribution in [2.24, 2.45) is 5.73 Å². The number of hydrogen-bond donors (Lipinski definition) is 2. The molecule has 0 aromatic heterocycles. The number of hydrogen-bond acceptors (Lipinski definition) is 4. The van der Waals surface area contributed by atoms with E-state index in [1.54, 1.807) is 30.3 Å². The van der Waals surface area contributed by atoms with E-state index in [4.69, 9.17) is 22.2 Å². The lowest BCUT2D eigenvalue weighted by Crippen LogP contribution is -2.35. The van der Waals surface area contributed by atoms with Crippen LogP contribution in [0.1, 0.15) is 5.56 Å². The first-order chi connectivity index (χ1) is 9.56. The lowest BCUT2D eigenvalue weighted by Gasteiger charge is -2.02. The van der Waals surface area contributed by atoms with Gasteiger partial charge in [-0.3, -0.25) is 10.1 Å². The molecule has 0 aliphatic carbocycles. The molecular weight excluding hydrogens is 258 g/mol. The second-order valence-corrected chi connectivity index (χ2v) is 3.55. The molecule has 0 bridgehead atoms. The number of primary amides is 1. The predicted molar refractivity (Wildman–Crippen MR) is 72.1 cm³/mol. The summed E-state index contributed by atoms with van der Waals surface area (Å²) in [5, 5.41) is 10.7. The zero-order chi connectivity index (χ0) is 15.0. The maximum Gasteiger partial charge on any atom is 0.319 e. The number of nitriles is 1. The summed E-state index contributed by atoms with van der Waals surface area (Å²) in [7, 11) is 0. The molecule has 0 saturated carbocycles. The maximum atomic E-state index is 11.4. The molecule has 0 unspecified atom stereocenters.